The Hall–Kier alpha value is -2.17. The van der Waals surface area contributed by atoms with E-state index < -0.39 is 10.0 Å². The van der Waals surface area contributed by atoms with Gasteiger partial charge in [0.25, 0.3) is 5.78 Å². The van der Waals surface area contributed by atoms with Crippen molar-refractivity contribution in [2.24, 2.45) is 0 Å². The fraction of sp³-hybridized carbons (Fsp3) is 0.348. The second-order valence-corrected chi connectivity index (χ2v) is 7.83. The summed E-state index contributed by atoms with van der Waals surface area (Å²) in [6, 6.07) is 17.2. The fourth-order valence-electron chi connectivity index (χ4n) is 2.68. The Morgan fingerprint density at radius 2 is 1.22 bits per heavy atom. The van der Waals surface area contributed by atoms with E-state index in [1.54, 1.807) is 14.2 Å². The van der Waals surface area contributed by atoms with Crippen LogP contribution in [0.2, 0.25) is 0 Å². The van der Waals surface area contributed by atoms with Crippen LogP contribution in [0.3, 0.4) is 0 Å². The third-order valence-corrected chi connectivity index (χ3v) is 5.04. The van der Waals surface area contributed by atoms with Crippen molar-refractivity contribution < 1.29 is 13.3 Å². The first kappa shape index (κ1) is 21.1. The highest BCUT2D eigenvalue weighted by molar-refractivity contribution is 6.25. The van der Waals surface area contributed by atoms with E-state index in [0.29, 0.717) is 11.8 Å². The zero-order valence-corrected chi connectivity index (χ0v) is 18.3. The zero-order valence-electron chi connectivity index (χ0n) is 17.2. The largest absolute Gasteiger partial charge is 0.618 e. The highest BCUT2D eigenvalue weighted by atomic mass is 28.2. The summed E-state index contributed by atoms with van der Waals surface area (Å²) in [5.41, 5.74) is 4.89. The highest BCUT2D eigenvalue weighted by Crippen LogP contribution is 2.23. The molecule has 0 saturated heterocycles. The molecule has 2 aromatic rings. The number of carbonyl (C=O) groups excluding carboxylic acids is 1. The summed E-state index contributed by atoms with van der Waals surface area (Å²) >= 11 is 0. The van der Waals surface area contributed by atoms with Gasteiger partial charge < -0.3 is 13.3 Å². The van der Waals surface area contributed by atoms with Gasteiger partial charge in [0.1, 0.15) is 0 Å². The summed E-state index contributed by atoms with van der Waals surface area (Å²) in [4.78, 5) is 0. The average molecular weight is 383 g/mol. The summed E-state index contributed by atoms with van der Waals surface area (Å²) in [5, 5.41) is 0. The first-order chi connectivity index (χ1) is 13.0. The topological polar surface area (TPSA) is 29.8 Å². The van der Waals surface area contributed by atoms with Gasteiger partial charge in [-0.15, -0.1) is 0 Å². The van der Waals surface area contributed by atoms with Crippen molar-refractivity contribution >= 4 is 21.5 Å². The summed E-state index contributed by atoms with van der Waals surface area (Å²) in [5.74, 6) is 2.87. The summed E-state index contributed by atoms with van der Waals surface area (Å²) in [6.45, 7) is 8.82. The van der Waals surface area contributed by atoms with Gasteiger partial charge in [0.05, 0.1) is 17.4 Å². The van der Waals surface area contributed by atoms with Gasteiger partial charge in [0, 0.05) is 19.8 Å². The predicted octanol–water partition coefficient (Wildman–Crippen LogP) is 5.25. The summed E-state index contributed by atoms with van der Waals surface area (Å²) in [7, 11) is 2.73. The van der Waals surface area contributed by atoms with Crippen LogP contribution < -0.4 is 0 Å². The van der Waals surface area contributed by atoms with Crippen LogP contribution in [-0.4, -0.2) is 30.0 Å². The van der Waals surface area contributed by atoms with Crippen molar-refractivity contribution in [3.63, 3.8) is 0 Å². The molecule has 0 saturated carbocycles. The van der Waals surface area contributed by atoms with E-state index in [1.807, 2.05) is 6.08 Å². The van der Waals surface area contributed by atoms with E-state index in [4.69, 9.17) is 8.54 Å². The van der Waals surface area contributed by atoms with Crippen LogP contribution >= 0.6 is 0 Å². The quantitative estimate of drug-likeness (QED) is 0.534. The SMILES string of the molecule is CC(C)c1ccc(C2=CC(c3ccc(C(C)C)cc3)=[O+][SiH-]O2)cc1.COC. The number of ether oxygens (including phenoxy) is 1. The number of methoxy groups -OCH3 is 1. The lowest BCUT2D eigenvalue weighted by Gasteiger charge is -2.16. The van der Waals surface area contributed by atoms with Crippen molar-refractivity contribution in [3.05, 3.63) is 76.9 Å². The Balaban J connectivity index is 0.000000817. The first-order valence-corrected chi connectivity index (χ1v) is 10.2. The van der Waals surface area contributed by atoms with Gasteiger partial charge in [-0.2, -0.15) is 0 Å². The number of hydrogen-bond acceptors (Lipinski definition) is 2. The highest BCUT2D eigenvalue weighted by Gasteiger charge is 2.17. The average Bonchev–Trinajstić information content (AvgIpc) is 2.69. The van der Waals surface area contributed by atoms with Gasteiger partial charge in [-0.3, -0.25) is 0 Å². The van der Waals surface area contributed by atoms with Crippen molar-refractivity contribution in [2.75, 3.05) is 14.2 Å². The Morgan fingerprint density at radius 3 is 1.67 bits per heavy atom. The molecule has 0 aliphatic carbocycles. The Bertz CT molecular complexity index is 772. The number of ketones is 1. The summed E-state index contributed by atoms with van der Waals surface area (Å²) in [6.07, 6.45) is 2.01. The third-order valence-electron chi connectivity index (χ3n) is 4.34. The molecule has 0 unspecified atom stereocenters. The molecule has 2 aromatic carbocycles. The molecule has 0 fully saturated rings. The van der Waals surface area contributed by atoms with Crippen LogP contribution in [0, 0.1) is 0 Å². The molecule has 0 aromatic heterocycles. The van der Waals surface area contributed by atoms with Crippen molar-refractivity contribution in [3.8, 4) is 0 Å². The van der Waals surface area contributed by atoms with Crippen LogP contribution in [0.5, 0.6) is 0 Å². The van der Waals surface area contributed by atoms with Crippen LogP contribution in [0.25, 0.3) is 5.76 Å². The van der Waals surface area contributed by atoms with Gasteiger partial charge in [0.2, 0.25) is 0 Å². The lowest BCUT2D eigenvalue weighted by Crippen LogP contribution is -2.11. The molecule has 1 aliphatic heterocycles. The lowest BCUT2D eigenvalue weighted by atomic mass is 9.99. The molecule has 144 valence electrons. The Kier molecular flexibility index (Phi) is 8.01. The minimum atomic E-state index is -0.518. The maximum Gasteiger partial charge on any atom is 0.440 e. The van der Waals surface area contributed by atoms with Crippen LogP contribution in [-0.2, 0) is 9.16 Å². The van der Waals surface area contributed by atoms with Crippen LogP contribution in [0.1, 0.15) is 65.9 Å². The number of benzene rings is 2. The standard InChI is InChI=1S/C21H24O2Si.C2H6O/c1-14(2)16-5-9-18(10-6-16)20-13-21(23-24-22-20)19-11-7-17(8-12-19)15(3)4;1-3-2/h5-15,24H,1-4H3;1-2H3. The van der Waals surface area contributed by atoms with E-state index in [2.05, 4.69) is 81.0 Å². The van der Waals surface area contributed by atoms with Gasteiger partial charge >= 0.3 is 10.0 Å². The van der Waals surface area contributed by atoms with E-state index in [1.165, 1.54) is 11.1 Å². The summed E-state index contributed by atoms with van der Waals surface area (Å²) < 4.78 is 15.8. The normalized spacial score (nSPS) is 13.2. The molecule has 0 amide bonds. The van der Waals surface area contributed by atoms with E-state index in [0.717, 1.165) is 22.7 Å². The second-order valence-electron chi connectivity index (χ2n) is 7.17. The zero-order chi connectivity index (χ0) is 19.8. The van der Waals surface area contributed by atoms with Crippen molar-refractivity contribution in [2.45, 2.75) is 39.5 Å². The second kappa shape index (κ2) is 10.2. The predicted molar refractivity (Wildman–Crippen MR) is 115 cm³/mol. The van der Waals surface area contributed by atoms with E-state index >= 15 is 0 Å². The van der Waals surface area contributed by atoms with E-state index in [9.17, 15) is 0 Å². The van der Waals surface area contributed by atoms with Crippen LogP contribution in [0.4, 0.5) is 0 Å². The number of hydrogen-bond donors (Lipinski definition) is 0. The number of allylic oxidation sites excluding steroid dienone is 1. The molecule has 1 heterocycles. The van der Waals surface area contributed by atoms with E-state index in [-0.39, 0.29) is 0 Å². The maximum atomic E-state index is 5.78. The Labute approximate surface area is 165 Å². The maximum absolute atomic E-state index is 5.78. The minimum absolute atomic E-state index is 0.518. The molecule has 1 aliphatic rings. The Morgan fingerprint density at radius 1 is 0.778 bits per heavy atom. The van der Waals surface area contributed by atoms with Crippen LogP contribution in [0.15, 0.2) is 54.6 Å². The lowest BCUT2D eigenvalue weighted by molar-refractivity contribution is -0.101. The third kappa shape index (κ3) is 5.91. The molecule has 0 N–H and O–H groups in total. The molecule has 4 heteroatoms. The molecule has 0 radical (unpaired) electrons. The smallest absolute Gasteiger partial charge is 0.440 e. The molecule has 3 nitrogen and oxygen atoms in total. The molecule has 0 bridgehead atoms. The molecule has 0 spiro atoms. The fourth-order valence-corrected chi connectivity index (χ4v) is 3.35. The number of rotatable bonds is 4. The molecule has 27 heavy (non-hydrogen) atoms. The van der Waals surface area contributed by atoms with Crippen molar-refractivity contribution in [1.29, 1.82) is 0 Å². The minimum Gasteiger partial charge on any atom is -0.618 e. The molecular formula is C23H30O3Si. The van der Waals surface area contributed by atoms with Crippen molar-refractivity contribution in [1.82, 2.24) is 0 Å². The van der Waals surface area contributed by atoms with Gasteiger partial charge in [-0.1, -0.05) is 64.1 Å². The van der Waals surface area contributed by atoms with Gasteiger partial charge in [-0.25, -0.2) is 0 Å². The van der Waals surface area contributed by atoms with Gasteiger partial charge in [0.15, 0.2) is 0 Å². The monoisotopic (exact) mass is 382 g/mol. The molecule has 3 rings (SSSR count). The molecular weight excluding hydrogens is 352 g/mol. The molecule has 0 atom stereocenters. The van der Waals surface area contributed by atoms with Gasteiger partial charge in [-0.05, 0) is 35.1 Å². The first-order valence-electron chi connectivity index (χ1n) is 9.30.